The number of ether oxygens (including phenoxy) is 4. The van der Waals surface area contributed by atoms with Gasteiger partial charge in [0, 0.05) is 25.7 Å². The average molecular weight is 1270 g/mol. The van der Waals surface area contributed by atoms with Gasteiger partial charge in [-0.15, -0.1) is 0 Å². The lowest BCUT2D eigenvalue weighted by molar-refractivity contribution is -0.161. The van der Waals surface area contributed by atoms with Crippen LogP contribution in [0.15, 0.2) is 0 Å². The van der Waals surface area contributed by atoms with E-state index in [0.29, 0.717) is 31.6 Å². The molecule has 0 saturated heterocycles. The lowest BCUT2D eigenvalue weighted by atomic mass is 9.99. The predicted molar refractivity (Wildman–Crippen MR) is 344 cm³/mol. The van der Waals surface area contributed by atoms with Crippen LogP contribution in [0.2, 0.25) is 0 Å². The fraction of sp³-hybridized carbons (Fsp3) is 0.940. The Hall–Kier alpha value is -1.94. The zero-order valence-corrected chi connectivity index (χ0v) is 57.6. The molecule has 3 N–H and O–H groups in total. The van der Waals surface area contributed by atoms with Gasteiger partial charge in [-0.1, -0.05) is 280 Å². The normalized spacial score (nSPS) is 14.6. The highest BCUT2D eigenvalue weighted by atomic mass is 31.2. The van der Waals surface area contributed by atoms with Gasteiger partial charge in [-0.05, 0) is 43.4 Å². The van der Waals surface area contributed by atoms with E-state index in [-0.39, 0.29) is 25.7 Å². The summed E-state index contributed by atoms with van der Waals surface area (Å²) < 4.78 is 68.0. The van der Waals surface area contributed by atoms with Crippen molar-refractivity contribution in [2.45, 2.75) is 349 Å². The van der Waals surface area contributed by atoms with E-state index >= 15 is 0 Å². The summed E-state index contributed by atoms with van der Waals surface area (Å²) >= 11 is 0. The molecular formula is C67H130O17P2. The Morgan fingerprint density at radius 3 is 0.884 bits per heavy atom. The van der Waals surface area contributed by atoms with E-state index in [0.717, 1.165) is 115 Å². The third kappa shape index (κ3) is 59.7. The van der Waals surface area contributed by atoms with E-state index in [1.54, 1.807) is 0 Å². The molecule has 510 valence electrons. The Labute approximate surface area is 524 Å². The molecule has 0 aliphatic rings. The molecule has 0 heterocycles. The van der Waals surface area contributed by atoms with Crippen molar-refractivity contribution < 1.29 is 80.2 Å². The molecule has 0 aromatic rings. The van der Waals surface area contributed by atoms with Gasteiger partial charge in [0.2, 0.25) is 0 Å². The first-order chi connectivity index (χ1) is 41.3. The third-order valence-electron chi connectivity index (χ3n) is 15.7. The number of hydrogen-bond acceptors (Lipinski definition) is 15. The molecule has 0 aliphatic heterocycles. The second kappa shape index (κ2) is 58.2. The summed E-state index contributed by atoms with van der Waals surface area (Å²) in [7, 11) is -9.89. The van der Waals surface area contributed by atoms with Crippen molar-refractivity contribution in [1.29, 1.82) is 0 Å². The van der Waals surface area contributed by atoms with Crippen molar-refractivity contribution in [1.82, 2.24) is 0 Å². The Balaban J connectivity index is 5.19. The molecule has 86 heavy (non-hydrogen) atoms. The summed E-state index contributed by atoms with van der Waals surface area (Å²) in [5.41, 5.74) is 0. The molecule has 0 saturated carbocycles. The second-order valence-electron chi connectivity index (χ2n) is 25.4. The number of aliphatic hydroxyl groups excluding tert-OH is 1. The first-order valence-corrected chi connectivity index (χ1v) is 37.9. The van der Waals surface area contributed by atoms with Crippen LogP contribution in [-0.4, -0.2) is 96.7 Å². The van der Waals surface area contributed by atoms with Crippen molar-refractivity contribution in [3.63, 3.8) is 0 Å². The summed E-state index contributed by atoms with van der Waals surface area (Å²) in [4.78, 5) is 72.2. The molecule has 0 spiro atoms. The van der Waals surface area contributed by atoms with Crippen LogP contribution >= 0.6 is 15.6 Å². The van der Waals surface area contributed by atoms with Crippen molar-refractivity contribution in [3.05, 3.63) is 0 Å². The van der Waals surface area contributed by atoms with Crippen LogP contribution in [0.3, 0.4) is 0 Å². The van der Waals surface area contributed by atoms with Gasteiger partial charge in [0.05, 0.1) is 26.4 Å². The summed E-state index contributed by atoms with van der Waals surface area (Å²) in [5, 5.41) is 10.5. The number of carbonyl (C=O) groups is 4. The van der Waals surface area contributed by atoms with E-state index in [2.05, 4.69) is 48.5 Å². The summed E-state index contributed by atoms with van der Waals surface area (Å²) in [6.07, 6.45) is 40.6. The Kier molecular flexibility index (Phi) is 56.9. The van der Waals surface area contributed by atoms with Gasteiger partial charge in [0.25, 0.3) is 0 Å². The number of esters is 4. The number of aliphatic hydroxyl groups is 1. The van der Waals surface area contributed by atoms with E-state index in [1.165, 1.54) is 128 Å². The van der Waals surface area contributed by atoms with Gasteiger partial charge >= 0.3 is 39.5 Å². The van der Waals surface area contributed by atoms with E-state index in [1.807, 2.05) is 0 Å². The molecule has 19 heteroatoms. The molecule has 0 fully saturated rings. The molecular weight excluding hydrogens is 1140 g/mol. The lowest BCUT2D eigenvalue weighted by Crippen LogP contribution is -2.30. The molecule has 17 nitrogen and oxygen atoms in total. The van der Waals surface area contributed by atoms with Gasteiger partial charge < -0.3 is 33.8 Å². The van der Waals surface area contributed by atoms with Crippen LogP contribution < -0.4 is 0 Å². The van der Waals surface area contributed by atoms with Gasteiger partial charge in [-0.25, -0.2) is 9.13 Å². The predicted octanol–water partition coefficient (Wildman–Crippen LogP) is 18.7. The van der Waals surface area contributed by atoms with Gasteiger partial charge in [-0.2, -0.15) is 0 Å². The van der Waals surface area contributed by atoms with Crippen molar-refractivity contribution in [2.75, 3.05) is 39.6 Å². The quantitative estimate of drug-likeness (QED) is 0.0222. The lowest BCUT2D eigenvalue weighted by Gasteiger charge is -2.21. The molecule has 0 aromatic carbocycles. The highest BCUT2D eigenvalue weighted by Gasteiger charge is 2.30. The van der Waals surface area contributed by atoms with Crippen LogP contribution in [0.5, 0.6) is 0 Å². The molecule has 0 aromatic heterocycles. The second-order valence-corrected chi connectivity index (χ2v) is 28.3. The van der Waals surface area contributed by atoms with Gasteiger partial charge in [-0.3, -0.25) is 37.3 Å². The van der Waals surface area contributed by atoms with Gasteiger partial charge in [0.1, 0.15) is 19.3 Å². The molecule has 6 atom stereocenters. The van der Waals surface area contributed by atoms with Crippen LogP contribution in [0.1, 0.15) is 331 Å². The number of unbranched alkanes of at least 4 members (excludes halogenated alkanes) is 32. The van der Waals surface area contributed by atoms with Crippen LogP contribution in [0.25, 0.3) is 0 Å². The monoisotopic (exact) mass is 1270 g/mol. The smallest absolute Gasteiger partial charge is 0.462 e. The minimum atomic E-state index is -4.95. The van der Waals surface area contributed by atoms with Crippen molar-refractivity contribution in [3.8, 4) is 0 Å². The van der Waals surface area contributed by atoms with Gasteiger partial charge in [0.15, 0.2) is 12.2 Å². The molecule has 0 rings (SSSR count). The molecule has 0 bridgehead atoms. The number of phosphoric ester groups is 2. The topological polar surface area (TPSA) is 237 Å². The zero-order valence-electron chi connectivity index (χ0n) is 55.8. The number of carbonyl (C=O) groups excluding carboxylic acids is 4. The first kappa shape index (κ1) is 84.1. The largest absolute Gasteiger partial charge is 0.472 e. The fourth-order valence-corrected chi connectivity index (χ4v) is 11.6. The third-order valence-corrected chi connectivity index (χ3v) is 17.6. The summed E-state index contributed by atoms with van der Waals surface area (Å²) in [5.74, 6) is 0.120. The van der Waals surface area contributed by atoms with E-state index in [4.69, 9.17) is 37.0 Å². The Morgan fingerprint density at radius 2 is 0.593 bits per heavy atom. The molecule has 0 radical (unpaired) electrons. The SMILES string of the molecule is CCCCCCCCCC(=O)OC[C@H](COP(=O)(O)OC[C@H](O)COP(=O)(O)OC[C@@H](COC(=O)CCCCCCCCCCCC(C)C)OC(=O)CCCCCCCCCCCCCCCCC(C)CC)OC(=O)CCCCCCCCC(C)C. The van der Waals surface area contributed by atoms with Crippen molar-refractivity contribution in [2.24, 2.45) is 17.8 Å². The minimum Gasteiger partial charge on any atom is -0.462 e. The van der Waals surface area contributed by atoms with E-state index in [9.17, 15) is 43.2 Å². The maximum Gasteiger partial charge on any atom is 0.472 e. The maximum atomic E-state index is 13.0. The molecule has 0 amide bonds. The Bertz CT molecular complexity index is 1700. The molecule has 0 aliphatic carbocycles. The zero-order chi connectivity index (χ0) is 63.8. The standard InChI is InChI=1S/C67H130O17P2/c1-8-10-11-12-24-34-41-48-64(69)77-54-63(84-67(72)51-44-37-30-29-32-39-46-59(5)6)57-82-86(75,76)80-53-61(68)52-79-85(73,74)81-56-62(55-78-65(70)49-42-35-27-23-19-20-25-31-38-45-58(3)4)83-66(71)50-43-36-28-22-18-16-14-13-15-17-21-26-33-40-47-60(7)9-2/h58-63,68H,8-57H2,1-7H3,(H,73,74)(H,75,76)/t60?,61-,62-,63-/m1/s1. The summed E-state index contributed by atoms with van der Waals surface area (Å²) in [6, 6.07) is 0. The fourth-order valence-electron chi connectivity index (χ4n) is 9.98. The molecule has 3 unspecified atom stereocenters. The minimum absolute atomic E-state index is 0.101. The Morgan fingerprint density at radius 1 is 0.337 bits per heavy atom. The number of rotatable bonds is 65. The van der Waals surface area contributed by atoms with Crippen molar-refractivity contribution >= 4 is 39.5 Å². The highest BCUT2D eigenvalue weighted by Crippen LogP contribution is 2.45. The number of hydrogen-bond donors (Lipinski definition) is 3. The van der Waals surface area contributed by atoms with Crippen LogP contribution in [0.4, 0.5) is 0 Å². The summed E-state index contributed by atoms with van der Waals surface area (Å²) in [6.45, 7) is 11.7. The first-order valence-electron chi connectivity index (χ1n) is 34.9. The number of phosphoric acid groups is 2. The van der Waals surface area contributed by atoms with Crippen LogP contribution in [-0.2, 0) is 65.4 Å². The maximum absolute atomic E-state index is 13.0. The average Bonchev–Trinajstić information content (AvgIpc) is 3.67. The highest BCUT2D eigenvalue weighted by molar-refractivity contribution is 7.47. The van der Waals surface area contributed by atoms with E-state index < -0.39 is 97.5 Å². The van der Waals surface area contributed by atoms with Crippen LogP contribution in [0, 0.1) is 17.8 Å².